The summed E-state index contributed by atoms with van der Waals surface area (Å²) in [5.41, 5.74) is 0.912. The number of nitrogens with zero attached hydrogens (tertiary/aromatic N) is 2. The Labute approximate surface area is 88.3 Å². The molecule has 2 rings (SSSR count). The number of hydrogen-bond donors (Lipinski definition) is 1. The number of fused-ring (bicyclic) bond motifs is 1. The molecule has 0 bridgehead atoms. The van der Waals surface area contributed by atoms with Gasteiger partial charge < -0.3 is 9.67 Å². The van der Waals surface area contributed by atoms with Crippen LogP contribution < -0.4 is 0 Å². The van der Waals surface area contributed by atoms with Crippen LogP contribution in [0.5, 0.6) is 0 Å². The van der Waals surface area contributed by atoms with Crippen LogP contribution in [0.15, 0.2) is 22.9 Å². The van der Waals surface area contributed by atoms with Crippen molar-refractivity contribution in [3.8, 4) is 0 Å². The largest absolute Gasteiger partial charge is 0.477 e. The van der Waals surface area contributed by atoms with E-state index >= 15 is 0 Å². The summed E-state index contributed by atoms with van der Waals surface area (Å²) in [5, 5.41) is 9.67. The SMILES string of the molecule is Cn1cc(Br)c2cnc(C(=O)O)cc21. The molecule has 1 N–H and O–H groups in total. The zero-order valence-corrected chi connectivity index (χ0v) is 8.95. The van der Waals surface area contributed by atoms with Gasteiger partial charge in [0.05, 0.1) is 5.52 Å². The van der Waals surface area contributed by atoms with Crippen molar-refractivity contribution in [3.05, 3.63) is 28.6 Å². The number of aromatic nitrogens is 2. The highest BCUT2D eigenvalue weighted by molar-refractivity contribution is 9.10. The highest BCUT2D eigenvalue weighted by Crippen LogP contribution is 2.24. The summed E-state index contributed by atoms with van der Waals surface area (Å²) in [4.78, 5) is 14.5. The van der Waals surface area contributed by atoms with Crippen LogP contribution in [0.3, 0.4) is 0 Å². The minimum atomic E-state index is -1.01. The fourth-order valence-corrected chi connectivity index (χ4v) is 1.96. The van der Waals surface area contributed by atoms with Crippen molar-refractivity contribution < 1.29 is 9.90 Å². The van der Waals surface area contributed by atoms with E-state index in [-0.39, 0.29) is 5.69 Å². The van der Waals surface area contributed by atoms with Gasteiger partial charge in [0.15, 0.2) is 0 Å². The maximum absolute atomic E-state index is 10.7. The number of rotatable bonds is 1. The van der Waals surface area contributed by atoms with E-state index < -0.39 is 5.97 Å². The minimum Gasteiger partial charge on any atom is -0.477 e. The maximum atomic E-state index is 10.7. The Balaban J connectivity index is 2.77. The number of aryl methyl sites for hydroxylation is 1. The van der Waals surface area contributed by atoms with Gasteiger partial charge in [-0.1, -0.05) is 0 Å². The number of aromatic carboxylic acids is 1. The van der Waals surface area contributed by atoms with Crippen LogP contribution in [0.25, 0.3) is 10.9 Å². The van der Waals surface area contributed by atoms with Crippen molar-refractivity contribution in [1.82, 2.24) is 9.55 Å². The first kappa shape index (κ1) is 9.21. The van der Waals surface area contributed by atoms with Gasteiger partial charge in [-0.2, -0.15) is 0 Å². The second-order valence-electron chi connectivity index (χ2n) is 2.98. The van der Waals surface area contributed by atoms with Gasteiger partial charge in [-0.3, -0.25) is 0 Å². The quantitative estimate of drug-likeness (QED) is 0.848. The second-order valence-corrected chi connectivity index (χ2v) is 3.83. The molecule has 0 fully saturated rings. The van der Waals surface area contributed by atoms with E-state index in [9.17, 15) is 4.79 Å². The molecule has 0 amide bonds. The molecule has 2 aromatic rings. The Morgan fingerprint density at radius 1 is 1.64 bits per heavy atom. The molecule has 4 nitrogen and oxygen atoms in total. The van der Waals surface area contributed by atoms with Gasteiger partial charge in [-0.05, 0) is 22.0 Å². The fraction of sp³-hybridized carbons (Fsp3) is 0.111. The van der Waals surface area contributed by atoms with Crippen molar-refractivity contribution in [2.24, 2.45) is 7.05 Å². The molecule has 0 saturated heterocycles. The normalized spacial score (nSPS) is 10.7. The van der Waals surface area contributed by atoms with Crippen LogP contribution in [0, 0.1) is 0 Å². The molecule has 0 spiro atoms. The zero-order valence-electron chi connectivity index (χ0n) is 7.36. The fourth-order valence-electron chi connectivity index (χ4n) is 1.35. The smallest absolute Gasteiger partial charge is 0.354 e. The highest BCUT2D eigenvalue weighted by Gasteiger charge is 2.09. The lowest BCUT2D eigenvalue weighted by molar-refractivity contribution is 0.0690. The summed E-state index contributed by atoms with van der Waals surface area (Å²) in [7, 11) is 1.86. The third-order valence-electron chi connectivity index (χ3n) is 2.05. The second kappa shape index (κ2) is 3.09. The lowest BCUT2D eigenvalue weighted by Crippen LogP contribution is -1.99. The molecule has 0 radical (unpaired) electrons. The van der Waals surface area contributed by atoms with E-state index in [4.69, 9.17) is 5.11 Å². The Bertz CT molecular complexity index is 519. The molecule has 0 aliphatic carbocycles. The average Bonchev–Trinajstić information content (AvgIpc) is 2.42. The molecule has 0 aliphatic heterocycles. The highest BCUT2D eigenvalue weighted by atomic mass is 79.9. The van der Waals surface area contributed by atoms with Crippen LogP contribution in [-0.2, 0) is 7.05 Å². The number of carboxylic acid groups (broad SMARTS) is 1. The van der Waals surface area contributed by atoms with Crippen molar-refractivity contribution in [2.45, 2.75) is 0 Å². The third-order valence-corrected chi connectivity index (χ3v) is 2.68. The van der Waals surface area contributed by atoms with Crippen molar-refractivity contribution in [1.29, 1.82) is 0 Å². The first-order valence-electron chi connectivity index (χ1n) is 3.93. The summed E-state index contributed by atoms with van der Waals surface area (Å²) in [5.74, 6) is -1.01. The lowest BCUT2D eigenvalue weighted by Gasteiger charge is -1.97. The summed E-state index contributed by atoms with van der Waals surface area (Å²) in [6.45, 7) is 0. The van der Waals surface area contributed by atoms with E-state index in [0.29, 0.717) is 0 Å². The summed E-state index contributed by atoms with van der Waals surface area (Å²) in [6, 6.07) is 1.56. The van der Waals surface area contributed by atoms with Gasteiger partial charge in [0.2, 0.25) is 0 Å². The number of hydrogen-bond acceptors (Lipinski definition) is 2. The van der Waals surface area contributed by atoms with E-state index in [1.165, 1.54) is 0 Å². The van der Waals surface area contributed by atoms with Crippen molar-refractivity contribution >= 4 is 32.8 Å². The first-order valence-corrected chi connectivity index (χ1v) is 4.73. The minimum absolute atomic E-state index is 0.0613. The predicted octanol–water partition coefficient (Wildman–Crippen LogP) is 2.03. The van der Waals surface area contributed by atoms with Gasteiger partial charge in [-0.15, -0.1) is 0 Å². The van der Waals surface area contributed by atoms with Gasteiger partial charge >= 0.3 is 5.97 Å². The van der Waals surface area contributed by atoms with E-state index in [1.807, 2.05) is 17.8 Å². The summed E-state index contributed by atoms with van der Waals surface area (Å²) < 4.78 is 2.77. The summed E-state index contributed by atoms with van der Waals surface area (Å²) in [6.07, 6.45) is 3.43. The molecule has 0 atom stereocenters. The molecule has 2 aromatic heterocycles. The third kappa shape index (κ3) is 1.29. The van der Waals surface area contributed by atoms with Crippen LogP contribution in [0.2, 0.25) is 0 Å². The monoisotopic (exact) mass is 254 g/mol. The molecule has 14 heavy (non-hydrogen) atoms. The number of pyridine rings is 1. The molecular weight excluding hydrogens is 248 g/mol. The molecule has 72 valence electrons. The molecular formula is C9H7BrN2O2. The Morgan fingerprint density at radius 2 is 2.36 bits per heavy atom. The van der Waals surface area contributed by atoms with E-state index in [1.54, 1.807) is 12.3 Å². The molecule has 0 saturated carbocycles. The summed E-state index contributed by atoms with van der Waals surface area (Å²) >= 11 is 3.37. The van der Waals surface area contributed by atoms with E-state index in [0.717, 1.165) is 15.4 Å². The molecule has 0 unspecified atom stereocenters. The van der Waals surface area contributed by atoms with Crippen LogP contribution >= 0.6 is 15.9 Å². The molecule has 2 heterocycles. The Kier molecular flexibility index (Phi) is 2.03. The van der Waals surface area contributed by atoms with Gasteiger partial charge in [-0.25, -0.2) is 9.78 Å². The molecule has 5 heteroatoms. The van der Waals surface area contributed by atoms with E-state index in [2.05, 4.69) is 20.9 Å². The van der Waals surface area contributed by atoms with Gasteiger partial charge in [0.1, 0.15) is 5.69 Å². The van der Waals surface area contributed by atoms with Crippen molar-refractivity contribution in [3.63, 3.8) is 0 Å². The lowest BCUT2D eigenvalue weighted by atomic mass is 10.3. The van der Waals surface area contributed by atoms with Crippen LogP contribution in [0.4, 0.5) is 0 Å². The number of halogens is 1. The Hall–Kier alpha value is -1.36. The maximum Gasteiger partial charge on any atom is 0.354 e. The topological polar surface area (TPSA) is 55.1 Å². The number of carboxylic acids is 1. The van der Waals surface area contributed by atoms with Crippen LogP contribution in [0.1, 0.15) is 10.5 Å². The first-order chi connectivity index (χ1) is 6.59. The molecule has 0 aliphatic rings. The zero-order chi connectivity index (χ0) is 10.3. The van der Waals surface area contributed by atoms with Crippen molar-refractivity contribution in [2.75, 3.05) is 0 Å². The molecule has 0 aromatic carbocycles. The Morgan fingerprint density at radius 3 is 3.00 bits per heavy atom. The van der Waals surface area contributed by atoms with Crippen LogP contribution in [-0.4, -0.2) is 20.6 Å². The standard InChI is InChI=1S/C9H7BrN2O2/c1-12-4-6(10)5-3-11-7(9(13)14)2-8(5)12/h2-4H,1H3,(H,13,14). The average molecular weight is 255 g/mol. The number of carbonyl (C=O) groups is 1. The predicted molar refractivity (Wildman–Crippen MR) is 55.4 cm³/mol. The van der Waals surface area contributed by atoms with Gasteiger partial charge in [0.25, 0.3) is 0 Å². The van der Waals surface area contributed by atoms with Gasteiger partial charge in [0, 0.05) is 29.3 Å².